The van der Waals surface area contributed by atoms with E-state index in [1.807, 2.05) is 60.9 Å². The Morgan fingerprint density at radius 3 is 2.32 bits per heavy atom. The summed E-state index contributed by atoms with van der Waals surface area (Å²) in [7, 11) is 0. The summed E-state index contributed by atoms with van der Waals surface area (Å²) in [5, 5.41) is 12.5. The zero-order chi connectivity index (χ0) is 24.1. The largest absolute Gasteiger partial charge is 0.483 e. The summed E-state index contributed by atoms with van der Waals surface area (Å²) in [6.45, 7) is 8.25. The molecular formula is C27H34N4O2S. The maximum absolute atomic E-state index is 12.8. The molecule has 1 saturated carbocycles. The van der Waals surface area contributed by atoms with Crippen molar-refractivity contribution in [1.29, 1.82) is 0 Å². The molecule has 4 rings (SSSR count). The van der Waals surface area contributed by atoms with Crippen LogP contribution in [0.25, 0.3) is 5.69 Å². The van der Waals surface area contributed by atoms with Crippen LogP contribution in [0.3, 0.4) is 0 Å². The lowest BCUT2D eigenvalue weighted by Crippen LogP contribution is -2.37. The monoisotopic (exact) mass is 478 g/mol. The summed E-state index contributed by atoms with van der Waals surface area (Å²) >= 11 is 1.43. The number of ether oxygens (including phenoxy) is 1. The van der Waals surface area contributed by atoms with Crippen LogP contribution in [0.1, 0.15) is 76.8 Å². The number of benzene rings is 2. The number of aromatic nitrogens is 3. The second-order valence-electron chi connectivity index (χ2n) is 9.25. The van der Waals surface area contributed by atoms with Crippen molar-refractivity contribution in [3.63, 3.8) is 0 Å². The van der Waals surface area contributed by atoms with Crippen molar-refractivity contribution in [1.82, 2.24) is 20.1 Å². The van der Waals surface area contributed by atoms with Gasteiger partial charge in [-0.2, -0.15) is 0 Å². The van der Waals surface area contributed by atoms with Gasteiger partial charge in [-0.15, -0.1) is 10.2 Å². The van der Waals surface area contributed by atoms with Gasteiger partial charge in [0.2, 0.25) is 5.91 Å². The number of para-hydroxylation sites is 1. The smallest absolute Gasteiger partial charge is 0.233 e. The lowest BCUT2D eigenvalue weighted by atomic mass is 10.0. The number of carbonyl (C=O) groups excluding carboxylic acids is 1. The molecule has 2 atom stereocenters. The molecule has 1 fully saturated rings. The summed E-state index contributed by atoms with van der Waals surface area (Å²) in [6, 6.07) is 18.5. The van der Waals surface area contributed by atoms with Crippen LogP contribution in [0, 0.1) is 0 Å². The third-order valence-corrected chi connectivity index (χ3v) is 7.29. The second kappa shape index (κ2) is 11.1. The van der Waals surface area contributed by atoms with Gasteiger partial charge in [0.25, 0.3) is 0 Å². The molecule has 34 heavy (non-hydrogen) atoms. The summed E-state index contributed by atoms with van der Waals surface area (Å²) < 4.78 is 8.24. The van der Waals surface area contributed by atoms with E-state index in [0.29, 0.717) is 22.9 Å². The van der Waals surface area contributed by atoms with Crippen LogP contribution in [-0.2, 0) is 4.79 Å². The van der Waals surface area contributed by atoms with Gasteiger partial charge in [-0.05, 0) is 62.4 Å². The molecular weight excluding hydrogens is 444 g/mol. The average Bonchev–Trinajstić information content (AvgIpc) is 3.50. The number of nitrogens with one attached hydrogen (secondary N) is 1. The highest BCUT2D eigenvalue weighted by Gasteiger charge is 2.26. The number of nitrogens with zero attached hydrogens (tertiary/aromatic N) is 3. The zero-order valence-electron chi connectivity index (χ0n) is 20.4. The Morgan fingerprint density at radius 2 is 1.68 bits per heavy atom. The predicted octanol–water partition coefficient (Wildman–Crippen LogP) is 6.07. The minimum atomic E-state index is -0.324. The molecule has 1 amide bonds. The van der Waals surface area contributed by atoms with Crippen LogP contribution >= 0.6 is 11.8 Å². The summed E-state index contributed by atoms with van der Waals surface area (Å²) in [4.78, 5) is 12.8. The van der Waals surface area contributed by atoms with Crippen LogP contribution in [-0.4, -0.2) is 32.0 Å². The Kier molecular flexibility index (Phi) is 7.93. The predicted molar refractivity (Wildman–Crippen MR) is 137 cm³/mol. The number of carbonyl (C=O) groups is 1. The van der Waals surface area contributed by atoms with Gasteiger partial charge in [0.05, 0.1) is 5.25 Å². The Hall–Kier alpha value is -2.80. The minimum absolute atomic E-state index is 0.0515. The molecule has 7 heteroatoms. The molecule has 1 heterocycles. The lowest BCUT2D eigenvalue weighted by Gasteiger charge is -2.19. The van der Waals surface area contributed by atoms with Crippen molar-refractivity contribution >= 4 is 17.7 Å². The van der Waals surface area contributed by atoms with E-state index in [4.69, 9.17) is 4.74 Å². The molecule has 6 nitrogen and oxygen atoms in total. The lowest BCUT2D eigenvalue weighted by molar-refractivity contribution is -0.120. The van der Waals surface area contributed by atoms with Gasteiger partial charge >= 0.3 is 0 Å². The highest BCUT2D eigenvalue weighted by Crippen LogP contribution is 2.30. The molecule has 3 aromatic rings. The number of amides is 1. The first-order chi connectivity index (χ1) is 16.4. The molecule has 1 aliphatic rings. The van der Waals surface area contributed by atoms with Crippen molar-refractivity contribution in [2.24, 2.45) is 0 Å². The highest BCUT2D eigenvalue weighted by molar-refractivity contribution is 8.00. The fraction of sp³-hybridized carbons (Fsp3) is 0.444. The maximum Gasteiger partial charge on any atom is 0.233 e. The van der Waals surface area contributed by atoms with E-state index >= 15 is 0 Å². The first-order valence-electron chi connectivity index (χ1n) is 12.2. The van der Waals surface area contributed by atoms with Crippen LogP contribution in [0.2, 0.25) is 0 Å². The molecule has 2 unspecified atom stereocenters. The van der Waals surface area contributed by atoms with Crippen LogP contribution in [0.5, 0.6) is 5.75 Å². The van der Waals surface area contributed by atoms with Crippen LogP contribution in [0.4, 0.5) is 0 Å². The topological polar surface area (TPSA) is 69.0 Å². The molecule has 180 valence electrons. The SMILES string of the molecule is CC(Sc1nnc(C(C)Oc2ccc(C(C)C)cc2)n1-c1ccccc1)C(=O)NC1CCCC1. The first-order valence-corrected chi connectivity index (χ1v) is 13.0. The normalized spacial score (nSPS) is 15.9. The van der Waals surface area contributed by atoms with Gasteiger partial charge in [-0.3, -0.25) is 9.36 Å². The number of thioether (sulfide) groups is 1. The number of hydrogen-bond donors (Lipinski definition) is 1. The minimum Gasteiger partial charge on any atom is -0.483 e. The molecule has 0 radical (unpaired) electrons. The number of rotatable bonds is 9. The maximum atomic E-state index is 12.8. The van der Waals surface area contributed by atoms with Crippen LogP contribution < -0.4 is 10.1 Å². The Balaban J connectivity index is 1.54. The Bertz CT molecular complexity index is 1080. The van der Waals surface area contributed by atoms with E-state index in [1.54, 1.807) is 0 Å². The zero-order valence-corrected chi connectivity index (χ0v) is 21.2. The average molecular weight is 479 g/mol. The Morgan fingerprint density at radius 1 is 1.00 bits per heavy atom. The molecule has 0 saturated heterocycles. The van der Waals surface area contributed by atoms with E-state index in [2.05, 4.69) is 41.5 Å². The summed E-state index contributed by atoms with van der Waals surface area (Å²) in [6.07, 6.45) is 4.20. The third-order valence-electron chi connectivity index (χ3n) is 6.25. The van der Waals surface area contributed by atoms with Gasteiger partial charge in [-0.25, -0.2) is 0 Å². The van der Waals surface area contributed by atoms with Gasteiger partial charge in [0.1, 0.15) is 5.75 Å². The van der Waals surface area contributed by atoms with Crippen molar-refractivity contribution < 1.29 is 9.53 Å². The van der Waals surface area contributed by atoms with E-state index in [-0.39, 0.29) is 17.3 Å². The molecule has 1 aliphatic carbocycles. The van der Waals surface area contributed by atoms with Gasteiger partial charge < -0.3 is 10.1 Å². The molecule has 0 aliphatic heterocycles. The van der Waals surface area contributed by atoms with E-state index in [0.717, 1.165) is 24.3 Å². The van der Waals surface area contributed by atoms with Gasteiger partial charge in [0, 0.05) is 11.7 Å². The molecule has 0 bridgehead atoms. The van der Waals surface area contributed by atoms with E-state index in [9.17, 15) is 4.79 Å². The van der Waals surface area contributed by atoms with Crippen molar-refractivity contribution in [2.45, 2.75) is 81.8 Å². The summed E-state index contributed by atoms with van der Waals surface area (Å²) in [5.74, 6) is 2.01. The van der Waals surface area contributed by atoms with Crippen molar-refractivity contribution in [2.75, 3.05) is 0 Å². The second-order valence-corrected chi connectivity index (χ2v) is 10.6. The van der Waals surface area contributed by atoms with Crippen molar-refractivity contribution in [3.8, 4) is 11.4 Å². The third kappa shape index (κ3) is 5.81. The van der Waals surface area contributed by atoms with E-state index in [1.165, 1.54) is 30.2 Å². The fourth-order valence-electron chi connectivity index (χ4n) is 4.23. The van der Waals surface area contributed by atoms with Gasteiger partial charge in [-0.1, -0.05) is 68.8 Å². The highest BCUT2D eigenvalue weighted by atomic mass is 32.2. The molecule has 0 spiro atoms. The van der Waals surface area contributed by atoms with E-state index < -0.39 is 0 Å². The molecule has 1 aromatic heterocycles. The molecule has 1 N–H and O–H groups in total. The van der Waals surface area contributed by atoms with Gasteiger partial charge in [0.15, 0.2) is 17.1 Å². The number of hydrogen-bond acceptors (Lipinski definition) is 5. The quantitative estimate of drug-likeness (QED) is 0.378. The fourth-order valence-corrected chi connectivity index (χ4v) is 5.11. The standard InChI is InChI=1S/C27H34N4O2S/c1-18(2)21-14-16-24(17-15-21)33-19(3)25-29-30-27(31(25)23-12-6-5-7-13-23)34-20(4)26(32)28-22-10-8-9-11-22/h5-7,12-20,22H,8-11H2,1-4H3,(H,28,32). The summed E-state index contributed by atoms with van der Waals surface area (Å²) in [5.41, 5.74) is 2.22. The van der Waals surface area contributed by atoms with Crippen LogP contribution in [0.15, 0.2) is 59.8 Å². The first kappa shape index (κ1) is 24.3. The molecule has 2 aromatic carbocycles. The van der Waals surface area contributed by atoms with Crippen molar-refractivity contribution in [3.05, 3.63) is 66.0 Å². The Labute approximate surface area is 206 Å².